The predicted molar refractivity (Wildman–Crippen MR) is 70.6 cm³/mol. The number of rotatable bonds is 4. The lowest BCUT2D eigenvalue weighted by molar-refractivity contribution is 0.0853. The van der Waals surface area contributed by atoms with Crippen LogP contribution in [0.4, 0.5) is 11.6 Å². The van der Waals surface area contributed by atoms with E-state index in [1.807, 2.05) is 6.07 Å². The van der Waals surface area contributed by atoms with Crippen LogP contribution in [-0.4, -0.2) is 37.8 Å². The normalized spacial score (nSPS) is 16.8. The largest absolute Gasteiger partial charge is 0.381 e. The second kappa shape index (κ2) is 5.87. The predicted octanol–water partition coefficient (Wildman–Crippen LogP) is 2.13. The van der Waals surface area contributed by atoms with Crippen molar-refractivity contribution in [3.8, 4) is 0 Å². The number of pyridine rings is 1. The van der Waals surface area contributed by atoms with E-state index in [2.05, 4.69) is 41.3 Å². The fourth-order valence-corrected chi connectivity index (χ4v) is 2.16. The standard InChI is InChI=1S/C13H21N3O/c1-3-14-12-5-4-6-13(15-12)16(2)11-7-9-17-10-8-11/h4-6,11H,3,7-10H2,1-2H3,(H,14,15). The van der Waals surface area contributed by atoms with E-state index < -0.39 is 0 Å². The molecular weight excluding hydrogens is 214 g/mol. The maximum absolute atomic E-state index is 5.39. The molecule has 4 heteroatoms. The van der Waals surface area contributed by atoms with E-state index >= 15 is 0 Å². The Morgan fingerprint density at radius 2 is 2.18 bits per heavy atom. The summed E-state index contributed by atoms with van der Waals surface area (Å²) >= 11 is 0. The van der Waals surface area contributed by atoms with Gasteiger partial charge in [0.2, 0.25) is 0 Å². The van der Waals surface area contributed by atoms with Crippen molar-refractivity contribution in [1.82, 2.24) is 4.98 Å². The van der Waals surface area contributed by atoms with E-state index in [0.29, 0.717) is 6.04 Å². The molecule has 17 heavy (non-hydrogen) atoms. The lowest BCUT2D eigenvalue weighted by atomic mass is 10.1. The third-order valence-corrected chi connectivity index (χ3v) is 3.19. The third-order valence-electron chi connectivity index (χ3n) is 3.19. The molecule has 0 atom stereocenters. The zero-order chi connectivity index (χ0) is 12.1. The minimum Gasteiger partial charge on any atom is -0.381 e. The number of nitrogens with one attached hydrogen (secondary N) is 1. The van der Waals surface area contributed by atoms with Crippen LogP contribution in [0.1, 0.15) is 19.8 Å². The van der Waals surface area contributed by atoms with Gasteiger partial charge in [-0.3, -0.25) is 0 Å². The molecule has 0 spiro atoms. The first-order valence-corrected chi connectivity index (χ1v) is 6.32. The molecule has 1 N–H and O–H groups in total. The maximum Gasteiger partial charge on any atom is 0.130 e. The molecule has 0 amide bonds. The van der Waals surface area contributed by atoms with Crippen LogP contribution in [0.25, 0.3) is 0 Å². The minimum absolute atomic E-state index is 0.549. The van der Waals surface area contributed by atoms with Crippen LogP contribution in [0.2, 0.25) is 0 Å². The van der Waals surface area contributed by atoms with Gasteiger partial charge in [0.05, 0.1) is 0 Å². The summed E-state index contributed by atoms with van der Waals surface area (Å²) in [5, 5.41) is 3.24. The van der Waals surface area contributed by atoms with Crippen molar-refractivity contribution < 1.29 is 4.74 Å². The van der Waals surface area contributed by atoms with Crippen LogP contribution in [0, 0.1) is 0 Å². The van der Waals surface area contributed by atoms with Crippen molar-refractivity contribution in [3.05, 3.63) is 18.2 Å². The van der Waals surface area contributed by atoms with Crippen molar-refractivity contribution >= 4 is 11.6 Å². The summed E-state index contributed by atoms with van der Waals surface area (Å²) in [6, 6.07) is 6.67. The molecule has 0 saturated carbocycles. The SMILES string of the molecule is CCNc1cccc(N(C)C2CCOCC2)n1. The molecule has 0 bridgehead atoms. The fraction of sp³-hybridized carbons (Fsp3) is 0.615. The van der Waals surface area contributed by atoms with E-state index in [9.17, 15) is 0 Å². The smallest absolute Gasteiger partial charge is 0.130 e. The Bertz CT molecular complexity index is 350. The highest BCUT2D eigenvalue weighted by Crippen LogP contribution is 2.20. The molecule has 0 aliphatic carbocycles. The first-order valence-electron chi connectivity index (χ1n) is 6.32. The Hall–Kier alpha value is -1.29. The molecular formula is C13H21N3O. The van der Waals surface area contributed by atoms with E-state index in [-0.39, 0.29) is 0 Å². The van der Waals surface area contributed by atoms with Crippen molar-refractivity contribution in [2.45, 2.75) is 25.8 Å². The van der Waals surface area contributed by atoms with Gasteiger partial charge in [0.1, 0.15) is 11.6 Å². The van der Waals surface area contributed by atoms with Crippen LogP contribution in [0.5, 0.6) is 0 Å². The Labute approximate surface area is 103 Å². The zero-order valence-electron chi connectivity index (χ0n) is 10.6. The minimum atomic E-state index is 0.549. The van der Waals surface area contributed by atoms with Gasteiger partial charge in [0.15, 0.2) is 0 Å². The second-order valence-corrected chi connectivity index (χ2v) is 4.37. The Morgan fingerprint density at radius 3 is 2.88 bits per heavy atom. The van der Waals surface area contributed by atoms with Crippen molar-refractivity contribution in [2.24, 2.45) is 0 Å². The second-order valence-electron chi connectivity index (χ2n) is 4.37. The summed E-state index contributed by atoms with van der Waals surface area (Å²) in [5.74, 6) is 1.99. The first-order chi connectivity index (χ1) is 8.31. The molecule has 1 aromatic heterocycles. The van der Waals surface area contributed by atoms with Crippen molar-refractivity contribution in [3.63, 3.8) is 0 Å². The molecule has 2 heterocycles. The molecule has 1 saturated heterocycles. The summed E-state index contributed by atoms with van der Waals surface area (Å²) in [6.45, 7) is 4.71. The summed E-state index contributed by atoms with van der Waals surface area (Å²) in [7, 11) is 2.12. The number of nitrogens with zero attached hydrogens (tertiary/aromatic N) is 2. The van der Waals surface area contributed by atoms with Gasteiger partial charge < -0.3 is 15.0 Å². The Balaban J connectivity index is 2.06. The maximum atomic E-state index is 5.39. The average Bonchev–Trinajstić information content (AvgIpc) is 2.40. The van der Waals surface area contributed by atoms with Gasteiger partial charge in [-0.05, 0) is 31.9 Å². The lowest BCUT2D eigenvalue weighted by Gasteiger charge is -2.32. The quantitative estimate of drug-likeness (QED) is 0.867. The summed E-state index contributed by atoms with van der Waals surface area (Å²) < 4.78 is 5.39. The lowest BCUT2D eigenvalue weighted by Crippen LogP contribution is -2.37. The molecule has 1 aliphatic rings. The highest BCUT2D eigenvalue weighted by atomic mass is 16.5. The van der Waals surface area contributed by atoms with Gasteiger partial charge in [-0.25, -0.2) is 4.98 Å². The zero-order valence-corrected chi connectivity index (χ0v) is 10.6. The number of hydrogen-bond donors (Lipinski definition) is 1. The topological polar surface area (TPSA) is 37.4 Å². The summed E-state index contributed by atoms with van der Waals surface area (Å²) in [6.07, 6.45) is 2.17. The molecule has 1 aliphatic heterocycles. The van der Waals surface area contributed by atoms with Gasteiger partial charge in [-0.15, -0.1) is 0 Å². The van der Waals surface area contributed by atoms with Gasteiger partial charge in [-0.1, -0.05) is 6.07 Å². The molecule has 4 nitrogen and oxygen atoms in total. The van der Waals surface area contributed by atoms with Crippen LogP contribution < -0.4 is 10.2 Å². The Morgan fingerprint density at radius 1 is 1.41 bits per heavy atom. The first kappa shape index (κ1) is 12.2. The van der Waals surface area contributed by atoms with Gasteiger partial charge in [-0.2, -0.15) is 0 Å². The van der Waals surface area contributed by atoms with E-state index in [4.69, 9.17) is 4.74 Å². The monoisotopic (exact) mass is 235 g/mol. The van der Waals surface area contributed by atoms with E-state index in [0.717, 1.165) is 44.2 Å². The molecule has 0 radical (unpaired) electrons. The highest BCUT2D eigenvalue weighted by molar-refractivity contribution is 5.47. The molecule has 94 valence electrons. The molecule has 2 rings (SSSR count). The fourth-order valence-electron chi connectivity index (χ4n) is 2.16. The number of anilines is 2. The third kappa shape index (κ3) is 3.09. The van der Waals surface area contributed by atoms with Crippen LogP contribution >= 0.6 is 0 Å². The number of ether oxygens (including phenoxy) is 1. The van der Waals surface area contributed by atoms with Crippen LogP contribution in [0.3, 0.4) is 0 Å². The van der Waals surface area contributed by atoms with Gasteiger partial charge in [0.25, 0.3) is 0 Å². The molecule has 1 fully saturated rings. The molecule has 1 aromatic rings. The number of aromatic nitrogens is 1. The molecule has 0 unspecified atom stereocenters. The Kier molecular flexibility index (Phi) is 4.20. The molecule has 0 aromatic carbocycles. The van der Waals surface area contributed by atoms with E-state index in [1.165, 1.54) is 0 Å². The van der Waals surface area contributed by atoms with Crippen molar-refractivity contribution in [2.75, 3.05) is 37.0 Å². The summed E-state index contributed by atoms with van der Waals surface area (Å²) in [4.78, 5) is 6.88. The van der Waals surface area contributed by atoms with Gasteiger partial charge >= 0.3 is 0 Å². The average molecular weight is 235 g/mol. The van der Waals surface area contributed by atoms with E-state index in [1.54, 1.807) is 0 Å². The van der Waals surface area contributed by atoms with Crippen LogP contribution in [-0.2, 0) is 4.74 Å². The summed E-state index contributed by atoms with van der Waals surface area (Å²) in [5.41, 5.74) is 0. The van der Waals surface area contributed by atoms with Crippen LogP contribution in [0.15, 0.2) is 18.2 Å². The van der Waals surface area contributed by atoms with Crippen molar-refractivity contribution in [1.29, 1.82) is 0 Å². The highest BCUT2D eigenvalue weighted by Gasteiger charge is 2.19. The van der Waals surface area contributed by atoms with Gasteiger partial charge in [0, 0.05) is 32.8 Å². The number of hydrogen-bond acceptors (Lipinski definition) is 4.